The maximum atomic E-state index is 12.1. The molecule has 2 heterocycles. The van der Waals surface area contributed by atoms with E-state index in [0.29, 0.717) is 30.5 Å². The van der Waals surface area contributed by atoms with E-state index in [0.717, 1.165) is 19.4 Å². The summed E-state index contributed by atoms with van der Waals surface area (Å²) in [6, 6.07) is 0.422. The fraction of sp³-hybridized carbons (Fsp3) is 0.625. The topological polar surface area (TPSA) is 87.2 Å². The Morgan fingerprint density at radius 3 is 2.65 bits per heavy atom. The number of aromatic nitrogens is 2. The van der Waals surface area contributed by atoms with E-state index in [4.69, 9.17) is 0 Å². The van der Waals surface area contributed by atoms with Gasteiger partial charge in [0.1, 0.15) is 0 Å². The molecular weight excluding hydrogens is 294 g/mol. The van der Waals surface area contributed by atoms with Gasteiger partial charge in [-0.05, 0) is 12.8 Å². The van der Waals surface area contributed by atoms with E-state index in [2.05, 4.69) is 20.6 Å². The molecule has 0 spiro atoms. The minimum Gasteiger partial charge on any atom is -0.357 e. The first kappa shape index (κ1) is 15.7. The van der Waals surface area contributed by atoms with Crippen LogP contribution in [0, 0.1) is 5.92 Å². The normalized spacial score (nSPS) is 21.7. The number of carbonyl (C=O) groups is 2. The maximum absolute atomic E-state index is 12.1. The van der Waals surface area contributed by atoms with E-state index in [-0.39, 0.29) is 17.7 Å². The van der Waals surface area contributed by atoms with Crippen molar-refractivity contribution >= 4 is 17.8 Å². The molecule has 0 unspecified atom stereocenters. The third-order valence-corrected chi connectivity index (χ3v) is 4.69. The molecule has 0 aromatic carbocycles. The lowest BCUT2D eigenvalue weighted by Gasteiger charge is -2.24. The molecule has 2 amide bonds. The number of hydrogen-bond acceptors (Lipinski definition) is 5. The molecule has 1 atom stereocenters. The Morgan fingerprint density at radius 2 is 2.00 bits per heavy atom. The van der Waals surface area contributed by atoms with Crippen molar-refractivity contribution in [2.24, 2.45) is 5.92 Å². The SMILES string of the molecule is CNc1ncc(C(=O)NC[C@@H]2CC(=O)N(C3CCCC3)C2)cn1. The molecule has 0 bridgehead atoms. The number of nitrogens with one attached hydrogen (secondary N) is 2. The van der Waals surface area contributed by atoms with Crippen LogP contribution < -0.4 is 10.6 Å². The lowest BCUT2D eigenvalue weighted by molar-refractivity contribution is -0.129. The number of amides is 2. The van der Waals surface area contributed by atoms with Crippen molar-refractivity contribution in [3.05, 3.63) is 18.0 Å². The highest BCUT2D eigenvalue weighted by Gasteiger charge is 2.35. The molecule has 1 aliphatic carbocycles. The van der Waals surface area contributed by atoms with Gasteiger partial charge in [-0.15, -0.1) is 0 Å². The molecule has 7 nitrogen and oxygen atoms in total. The summed E-state index contributed by atoms with van der Waals surface area (Å²) < 4.78 is 0. The number of carbonyl (C=O) groups excluding carboxylic acids is 2. The molecule has 1 aliphatic heterocycles. The second kappa shape index (κ2) is 6.93. The van der Waals surface area contributed by atoms with Crippen LogP contribution in [-0.2, 0) is 4.79 Å². The standard InChI is InChI=1S/C16H23N5O2/c1-17-16-19-8-12(9-20-16)15(23)18-7-11-6-14(22)21(10-11)13-4-2-3-5-13/h8-9,11,13H,2-7,10H2,1H3,(H,18,23)(H,17,19,20)/t11-/m0/s1. The number of anilines is 1. The van der Waals surface area contributed by atoms with Crippen molar-refractivity contribution in [1.29, 1.82) is 0 Å². The molecular formula is C16H23N5O2. The lowest BCUT2D eigenvalue weighted by atomic mass is 10.1. The third-order valence-electron chi connectivity index (χ3n) is 4.69. The van der Waals surface area contributed by atoms with E-state index in [1.165, 1.54) is 25.2 Å². The smallest absolute Gasteiger partial charge is 0.254 e. The highest BCUT2D eigenvalue weighted by molar-refractivity contribution is 5.93. The first-order valence-electron chi connectivity index (χ1n) is 8.25. The Hall–Kier alpha value is -2.18. The summed E-state index contributed by atoms with van der Waals surface area (Å²) in [5, 5.41) is 5.70. The van der Waals surface area contributed by atoms with Gasteiger partial charge in [-0.3, -0.25) is 9.59 Å². The van der Waals surface area contributed by atoms with Crippen LogP contribution >= 0.6 is 0 Å². The molecule has 2 aliphatic rings. The van der Waals surface area contributed by atoms with Crippen LogP contribution in [0.5, 0.6) is 0 Å². The molecule has 124 valence electrons. The zero-order chi connectivity index (χ0) is 16.2. The molecule has 1 saturated carbocycles. The molecule has 1 saturated heterocycles. The minimum atomic E-state index is -0.195. The highest BCUT2D eigenvalue weighted by atomic mass is 16.2. The molecule has 23 heavy (non-hydrogen) atoms. The molecule has 1 aromatic heterocycles. The second-order valence-electron chi connectivity index (χ2n) is 6.31. The first-order valence-corrected chi connectivity index (χ1v) is 8.25. The van der Waals surface area contributed by atoms with Gasteiger partial charge in [-0.25, -0.2) is 9.97 Å². The summed E-state index contributed by atoms with van der Waals surface area (Å²) in [5.74, 6) is 0.719. The molecule has 2 N–H and O–H groups in total. The molecule has 3 rings (SSSR count). The van der Waals surface area contributed by atoms with Crippen LogP contribution in [0.2, 0.25) is 0 Å². The first-order chi connectivity index (χ1) is 11.2. The van der Waals surface area contributed by atoms with Crippen LogP contribution in [0.4, 0.5) is 5.95 Å². The molecule has 7 heteroatoms. The number of nitrogens with zero attached hydrogens (tertiary/aromatic N) is 3. The Balaban J connectivity index is 1.50. The van der Waals surface area contributed by atoms with E-state index < -0.39 is 0 Å². The van der Waals surface area contributed by atoms with Crippen molar-refractivity contribution < 1.29 is 9.59 Å². The summed E-state index contributed by atoms with van der Waals surface area (Å²) in [4.78, 5) is 34.3. The van der Waals surface area contributed by atoms with Gasteiger partial charge < -0.3 is 15.5 Å². The number of likely N-dealkylation sites (tertiary alicyclic amines) is 1. The van der Waals surface area contributed by atoms with Crippen molar-refractivity contribution in [2.75, 3.05) is 25.5 Å². The van der Waals surface area contributed by atoms with Gasteiger partial charge in [0.2, 0.25) is 11.9 Å². The van der Waals surface area contributed by atoms with Gasteiger partial charge in [0.05, 0.1) is 5.56 Å². The van der Waals surface area contributed by atoms with Gasteiger partial charge >= 0.3 is 0 Å². The fourth-order valence-electron chi connectivity index (χ4n) is 3.43. The van der Waals surface area contributed by atoms with Crippen LogP contribution in [0.15, 0.2) is 12.4 Å². The number of rotatable bonds is 5. The van der Waals surface area contributed by atoms with Gasteiger partial charge in [0, 0.05) is 50.9 Å². The van der Waals surface area contributed by atoms with Gasteiger partial charge in [0.15, 0.2) is 0 Å². The monoisotopic (exact) mass is 317 g/mol. The van der Waals surface area contributed by atoms with E-state index in [1.54, 1.807) is 7.05 Å². The van der Waals surface area contributed by atoms with E-state index in [9.17, 15) is 9.59 Å². The van der Waals surface area contributed by atoms with Crippen LogP contribution in [0.1, 0.15) is 42.5 Å². The van der Waals surface area contributed by atoms with Crippen molar-refractivity contribution in [1.82, 2.24) is 20.2 Å². The predicted octanol–water partition coefficient (Wildman–Crippen LogP) is 1.04. The average Bonchev–Trinajstić information content (AvgIpc) is 3.22. The predicted molar refractivity (Wildman–Crippen MR) is 86.0 cm³/mol. The molecule has 0 radical (unpaired) electrons. The van der Waals surface area contributed by atoms with Crippen LogP contribution in [0.25, 0.3) is 0 Å². The van der Waals surface area contributed by atoms with Crippen molar-refractivity contribution in [3.8, 4) is 0 Å². The maximum Gasteiger partial charge on any atom is 0.254 e. The van der Waals surface area contributed by atoms with Gasteiger partial charge in [-0.2, -0.15) is 0 Å². The van der Waals surface area contributed by atoms with Gasteiger partial charge in [-0.1, -0.05) is 12.8 Å². The summed E-state index contributed by atoms with van der Waals surface area (Å²) in [5.41, 5.74) is 0.431. The Morgan fingerprint density at radius 1 is 1.30 bits per heavy atom. The Labute approximate surface area is 135 Å². The highest BCUT2D eigenvalue weighted by Crippen LogP contribution is 2.29. The Bertz CT molecular complexity index is 568. The quantitative estimate of drug-likeness (QED) is 0.847. The van der Waals surface area contributed by atoms with E-state index in [1.807, 2.05) is 4.90 Å². The second-order valence-corrected chi connectivity index (χ2v) is 6.31. The van der Waals surface area contributed by atoms with Crippen molar-refractivity contribution in [3.63, 3.8) is 0 Å². The number of hydrogen-bond donors (Lipinski definition) is 2. The largest absolute Gasteiger partial charge is 0.357 e. The molecule has 2 fully saturated rings. The zero-order valence-electron chi connectivity index (χ0n) is 13.4. The Kier molecular flexibility index (Phi) is 4.73. The van der Waals surface area contributed by atoms with Crippen molar-refractivity contribution in [2.45, 2.75) is 38.1 Å². The van der Waals surface area contributed by atoms with Crippen LogP contribution in [-0.4, -0.2) is 52.9 Å². The summed E-state index contributed by atoms with van der Waals surface area (Å²) in [6.45, 7) is 1.28. The summed E-state index contributed by atoms with van der Waals surface area (Å²) >= 11 is 0. The zero-order valence-corrected chi connectivity index (χ0v) is 13.4. The summed E-state index contributed by atoms with van der Waals surface area (Å²) in [7, 11) is 1.72. The van der Waals surface area contributed by atoms with Crippen LogP contribution in [0.3, 0.4) is 0 Å². The average molecular weight is 317 g/mol. The molecule has 1 aromatic rings. The summed E-state index contributed by atoms with van der Waals surface area (Å²) in [6.07, 6.45) is 8.22. The lowest BCUT2D eigenvalue weighted by Crippen LogP contribution is -2.36. The van der Waals surface area contributed by atoms with Gasteiger partial charge in [0.25, 0.3) is 5.91 Å². The fourth-order valence-corrected chi connectivity index (χ4v) is 3.43. The van der Waals surface area contributed by atoms with E-state index >= 15 is 0 Å². The third kappa shape index (κ3) is 3.60. The minimum absolute atomic E-state index is 0.195.